The molecule has 4 heteroatoms. The molecule has 2 heterocycles. The van der Waals surface area contributed by atoms with Gasteiger partial charge in [0, 0.05) is 47.4 Å². The van der Waals surface area contributed by atoms with Gasteiger partial charge in [-0.05, 0) is 38.2 Å². The van der Waals surface area contributed by atoms with Gasteiger partial charge < -0.3 is 9.80 Å². The van der Waals surface area contributed by atoms with Crippen LogP contribution in [0.4, 0.5) is 5.69 Å². The van der Waals surface area contributed by atoms with E-state index in [0.717, 1.165) is 41.9 Å². The van der Waals surface area contributed by atoms with Crippen LogP contribution in [0.25, 0.3) is 10.9 Å². The first-order valence-electron chi connectivity index (χ1n) is 6.64. The lowest BCUT2D eigenvalue weighted by atomic mass is 10.1. The van der Waals surface area contributed by atoms with E-state index in [9.17, 15) is 0 Å². The van der Waals surface area contributed by atoms with Crippen LogP contribution < -0.4 is 4.90 Å². The number of nitrogens with zero attached hydrogens (tertiary/aromatic N) is 3. The smallest absolute Gasteiger partial charge is 0.0726 e. The Balaban J connectivity index is 2.08. The number of benzene rings is 1. The van der Waals surface area contributed by atoms with Crippen LogP contribution in [0.5, 0.6) is 0 Å². The zero-order valence-corrected chi connectivity index (χ0v) is 12.9. The second kappa shape index (κ2) is 5.10. The molecule has 19 heavy (non-hydrogen) atoms. The van der Waals surface area contributed by atoms with E-state index in [4.69, 9.17) is 0 Å². The molecule has 0 radical (unpaired) electrons. The van der Waals surface area contributed by atoms with Crippen molar-refractivity contribution in [2.45, 2.75) is 6.92 Å². The van der Waals surface area contributed by atoms with Gasteiger partial charge in [0.1, 0.15) is 0 Å². The highest BCUT2D eigenvalue weighted by molar-refractivity contribution is 9.10. The van der Waals surface area contributed by atoms with Gasteiger partial charge in [0.2, 0.25) is 0 Å². The maximum Gasteiger partial charge on any atom is 0.0726 e. The number of fused-ring (bicyclic) bond motifs is 1. The molecule has 1 aliphatic rings. The Morgan fingerprint density at radius 1 is 1.11 bits per heavy atom. The maximum atomic E-state index is 4.63. The lowest BCUT2D eigenvalue weighted by molar-refractivity contribution is 0.313. The first kappa shape index (κ1) is 12.9. The summed E-state index contributed by atoms with van der Waals surface area (Å²) < 4.78 is 1.11. The van der Waals surface area contributed by atoms with E-state index in [2.05, 4.69) is 69.0 Å². The highest BCUT2D eigenvalue weighted by atomic mass is 79.9. The Kier molecular flexibility index (Phi) is 3.46. The number of hydrogen-bond acceptors (Lipinski definition) is 3. The van der Waals surface area contributed by atoms with Gasteiger partial charge in [-0.1, -0.05) is 15.9 Å². The van der Waals surface area contributed by atoms with Crippen molar-refractivity contribution in [2.75, 3.05) is 38.1 Å². The summed E-state index contributed by atoms with van der Waals surface area (Å²) in [6.07, 6.45) is 0. The molecule has 0 aliphatic carbocycles. The van der Waals surface area contributed by atoms with Crippen molar-refractivity contribution in [3.63, 3.8) is 0 Å². The highest BCUT2D eigenvalue weighted by Gasteiger charge is 2.17. The van der Waals surface area contributed by atoms with Crippen LogP contribution >= 0.6 is 15.9 Å². The van der Waals surface area contributed by atoms with Crippen molar-refractivity contribution in [1.82, 2.24) is 9.88 Å². The van der Waals surface area contributed by atoms with Crippen LogP contribution in [0.1, 0.15) is 5.69 Å². The number of anilines is 1. The fourth-order valence-corrected chi connectivity index (χ4v) is 2.98. The molecule has 0 atom stereocenters. The fraction of sp³-hybridized carbons (Fsp3) is 0.400. The van der Waals surface area contributed by atoms with E-state index < -0.39 is 0 Å². The number of likely N-dealkylation sites (N-methyl/N-ethyl adjacent to an activating group) is 1. The Bertz CT molecular complexity index is 604. The summed E-state index contributed by atoms with van der Waals surface area (Å²) in [5, 5.41) is 1.24. The normalized spacial score (nSPS) is 17.1. The third-order valence-corrected chi connectivity index (χ3v) is 4.21. The Hall–Kier alpha value is -1.13. The predicted molar refractivity (Wildman–Crippen MR) is 83.9 cm³/mol. The topological polar surface area (TPSA) is 19.4 Å². The van der Waals surface area contributed by atoms with Gasteiger partial charge in [-0.25, -0.2) is 0 Å². The minimum absolute atomic E-state index is 1.08. The van der Waals surface area contributed by atoms with Gasteiger partial charge in [0.05, 0.1) is 5.52 Å². The Morgan fingerprint density at radius 3 is 2.58 bits per heavy atom. The molecular formula is C15H18BrN3. The maximum absolute atomic E-state index is 4.63. The average molecular weight is 320 g/mol. The highest BCUT2D eigenvalue weighted by Crippen LogP contribution is 2.29. The number of piperazine rings is 1. The molecule has 3 rings (SSSR count). The summed E-state index contributed by atoms with van der Waals surface area (Å²) in [5.41, 5.74) is 3.48. The largest absolute Gasteiger partial charge is 0.368 e. The van der Waals surface area contributed by atoms with Crippen LogP contribution in [-0.2, 0) is 0 Å². The van der Waals surface area contributed by atoms with Crippen molar-refractivity contribution in [1.29, 1.82) is 0 Å². The number of halogens is 1. The second-order valence-electron chi connectivity index (χ2n) is 5.23. The molecule has 0 N–H and O–H groups in total. The molecule has 3 nitrogen and oxygen atoms in total. The molecule has 100 valence electrons. The number of aromatic nitrogens is 1. The van der Waals surface area contributed by atoms with Crippen molar-refractivity contribution in [2.24, 2.45) is 0 Å². The monoisotopic (exact) mass is 319 g/mol. The first-order valence-corrected chi connectivity index (χ1v) is 7.43. The Labute approximate surface area is 122 Å². The summed E-state index contributed by atoms with van der Waals surface area (Å²) in [5.74, 6) is 0. The third-order valence-electron chi connectivity index (χ3n) is 3.72. The minimum Gasteiger partial charge on any atom is -0.368 e. The van der Waals surface area contributed by atoms with Gasteiger partial charge in [-0.15, -0.1) is 0 Å². The molecule has 0 spiro atoms. The third kappa shape index (κ3) is 2.60. The lowest BCUT2D eigenvalue weighted by Gasteiger charge is -2.34. The summed E-state index contributed by atoms with van der Waals surface area (Å²) in [7, 11) is 2.18. The van der Waals surface area contributed by atoms with Crippen LogP contribution in [0.2, 0.25) is 0 Å². The molecular weight excluding hydrogens is 302 g/mol. The van der Waals surface area contributed by atoms with Crippen molar-refractivity contribution in [3.05, 3.63) is 34.4 Å². The number of hydrogen-bond donors (Lipinski definition) is 0. The molecule has 2 aromatic rings. The lowest BCUT2D eigenvalue weighted by Crippen LogP contribution is -2.44. The van der Waals surface area contributed by atoms with E-state index >= 15 is 0 Å². The zero-order chi connectivity index (χ0) is 13.4. The van der Waals surface area contributed by atoms with Crippen LogP contribution in [0, 0.1) is 6.92 Å². The summed E-state index contributed by atoms with van der Waals surface area (Å²) in [6, 6.07) is 8.53. The number of aryl methyl sites for hydroxylation is 1. The van der Waals surface area contributed by atoms with E-state index in [1.54, 1.807) is 0 Å². The molecule has 1 saturated heterocycles. The van der Waals surface area contributed by atoms with Gasteiger partial charge in [-0.3, -0.25) is 4.98 Å². The second-order valence-corrected chi connectivity index (χ2v) is 6.15. The molecule has 0 amide bonds. The van der Waals surface area contributed by atoms with E-state index in [-0.39, 0.29) is 0 Å². The van der Waals surface area contributed by atoms with Gasteiger partial charge >= 0.3 is 0 Å². The molecule has 0 saturated carbocycles. The summed E-state index contributed by atoms with van der Waals surface area (Å²) in [6.45, 7) is 6.48. The van der Waals surface area contributed by atoms with E-state index in [1.807, 2.05) is 0 Å². The Morgan fingerprint density at radius 2 is 1.84 bits per heavy atom. The zero-order valence-electron chi connectivity index (χ0n) is 11.4. The van der Waals surface area contributed by atoms with Crippen LogP contribution in [0.15, 0.2) is 28.7 Å². The van der Waals surface area contributed by atoms with Gasteiger partial charge in [0.25, 0.3) is 0 Å². The van der Waals surface area contributed by atoms with Gasteiger partial charge in [0.15, 0.2) is 0 Å². The molecule has 1 aromatic heterocycles. The summed E-state index contributed by atoms with van der Waals surface area (Å²) in [4.78, 5) is 9.48. The standard InChI is InChI=1S/C15H18BrN3/c1-11-9-15(19-7-5-18(2)6-8-19)13-10-12(16)3-4-14(13)17-11/h3-4,9-10H,5-8H2,1-2H3. The van der Waals surface area contributed by atoms with Crippen LogP contribution in [0.3, 0.4) is 0 Å². The molecule has 1 aromatic carbocycles. The van der Waals surface area contributed by atoms with Crippen LogP contribution in [-0.4, -0.2) is 43.1 Å². The predicted octanol–water partition coefficient (Wildman–Crippen LogP) is 3.06. The van der Waals surface area contributed by atoms with Crippen molar-refractivity contribution < 1.29 is 0 Å². The van der Waals surface area contributed by atoms with Crippen molar-refractivity contribution in [3.8, 4) is 0 Å². The molecule has 1 aliphatic heterocycles. The van der Waals surface area contributed by atoms with Gasteiger partial charge in [-0.2, -0.15) is 0 Å². The van der Waals surface area contributed by atoms with Crippen molar-refractivity contribution >= 4 is 32.5 Å². The summed E-state index contributed by atoms with van der Waals surface area (Å²) >= 11 is 3.56. The molecule has 1 fully saturated rings. The fourth-order valence-electron chi connectivity index (χ4n) is 2.62. The average Bonchev–Trinajstić information content (AvgIpc) is 2.39. The first-order chi connectivity index (χ1) is 9.13. The van der Waals surface area contributed by atoms with E-state index in [1.165, 1.54) is 11.1 Å². The number of rotatable bonds is 1. The quantitative estimate of drug-likeness (QED) is 0.805. The van der Waals surface area contributed by atoms with E-state index in [0.29, 0.717) is 0 Å². The molecule has 0 bridgehead atoms. The SMILES string of the molecule is Cc1cc(N2CCN(C)CC2)c2cc(Br)ccc2n1. The number of pyridine rings is 1. The molecule has 0 unspecified atom stereocenters. The minimum atomic E-state index is 1.08.